The minimum absolute atomic E-state index is 0.849. The van der Waals surface area contributed by atoms with Crippen LogP contribution in [-0.4, -0.2) is 16.7 Å². The van der Waals surface area contributed by atoms with Crippen molar-refractivity contribution in [3.63, 3.8) is 0 Å². The van der Waals surface area contributed by atoms with E-state index < -0.39 is 0 Å². The van der Waals surface area contributed by atoms with Crippen LogP contribution in [0.4, 0.5) is 0 Å². The molecule has 0 unspecified atom stereocenters. The first kappa shape index (κ1) is 14.5. The Balaban J connectivity index is 1.97. The number of aryl methyl sites for hydroxylation is 1. The summed E-state index contributed by atoms with van der Waals surface area (Å²) in [6.45, 7) is 0. The summed E-state index contributed by atoms with van der Waals surface area (Å²) in [6, 6.07) is 24.6. The topological polar surface area (TPSA) is 27.1 Å². The van der Waals surface area contributed by atoms with E-state index in [2.05, 4.69) is 41.0 Å². The second-order valence-corrected chi connectivity index (χ2v) is 5.74. The monoisotopic (exact) mass is 314 g/mol. The summed E-state index contributed by atoms with van der Waals surface area (Å²) in [5.41, 5.74) is 5.30. The zero-order valence-electron chi connectivity index (χ0n) is 13.7. The van der Waals surface area contributed by atoms with Crippen LogP contribution in [0.2, 0.25) is 0 Å². The molecule has 0 bridgehead atoms. The molecule has 0 aliphatic rings. The summed E-state index contributed by atoms with van der Waals surface area (Å²) in [7, 11) is 3.76. The lowest BCUT2D eigenvalue weighted by atomic mass is 10.0. The fourth-order valence-corrected chi connectivity index (χ4v) is 3.16. The van der Waals surface area contributed by atoms with Crippen LogP contribution in [0.3, 0.4) is 0 Å². The van der Waals surface area contributed by atoms with Gasteiger partial charge in [0.2, 0.25) is 0 Å². The van der Waals surface area contributed by atoms with Crippen LogP contribution in [0.25, 0.3) is 33.5 Å². The SMILES string of the molecule is COc1c(-c2ccccc2)cccc1-c1nc2ccccc2n1C. The van der Waals surface area contributed by atoms with E-state index in [1.54, 1.807) is 7.11 Å². The molecule has 4 rings (SSSR count). The fraction of sp³-hybridized carbons (Fsp3) is 0.0952. The maximum atomic E-state index is 5.78. The van der Waals surface area contributed by atoms with Gasteiger partial charge in [0.05, 0.1) is 23.7 Å². The zero-order valence-corrected chi connectivity index (χ0v) is 13.7. The quantitative estimate of drug-likeness (QED) is 0.537. The molecule has 0 spiro atoms. The smallest absolute Gasteiger partial charge is 0.144 e. The first-order chi connectivity index (χ1) is 11.8. The average Bonchev–Trinajstić information content (AvgIpc) is 2.98. The first-order valence-corrected chi connectivity index (χ1v) is 7.94. The van der Waals surface area contributed by atoms with E-state index in [0.717, 1.165) is 39.3 Å². The van der Waals surface area contributed by atoms with E-state index in [4.69, 9.17) is 9.72 Å². The molecule has 24 heavy (non-hydrogen) atoms. The van der Waals surface area contributed by atoms with Gasteiger partial charge < -0.3 is 9.30 Å². The Morgan fingerprint density at radius 2 is 1.50 bits per heavy atom. The summed E-state index contributed by atoms with van der Waals surface area (Å²) in [5.74, 6) is 1.76. The number of para-hydroxylation sites is 3. The van der Waals surface area contributed by atoms with Gasteiger partial charge in [-0.2, -0.15) is 0 Å². The van der Waals surface area contributed by atoms with Crippen molar-refractivity contribution in [1.82, 2.24) is 9.55 Å². The molecule has 118 valence electrons. The third kappa shape index (κ3) is 2.26. The van der Waals surface area contributed by atoms with Crippen LogP contribution >= 0.6 is 0 Å². The number of hydrogen-bond donors (Lipinski definition) is 0. The summed E-state index contributed by atoms with van der Waals surface area (Å²) in [4.78, 5) is 4.81. The molecule has 3 heteroatoms. The molecule has 0 saturated carbocycles. The molecule has 0 saturated heterocycles. The Hall–Kier alpha value is -3.07. The van der Waals surface area contributed by atoms with Crippen molar-refractivity contribution >= 4 is 11.0 Å². The summed E-state index contributed by atoms with van der Waals surface area (Å²) < 4.78 is 7.90. The molecule has 4 aromatic rings. The molecule has 0 amide bonds. The normalized spacial score (nSPS) is 10.9. The number of imidazole rings is 1. The van der Waals surface area contributed by atoms with Gasteiger partial charge in [0.1, 0.15) is 11.6 Å². The van der Waals surface area contributed by atoms with Crippen LogP contribution < -0.4 is 4.74 Å². The lowest BCUT2D eigenvalue weighted by Crippen LogP contribution is -1.97. The van der Waals surface area contributed by atoms with Crippen LogP contribution in [0.15, 0.2) is 72.8 Å². The van der Waals surface area contributed by atoms with Crippen LogP contribution in [-0.2, 0) is 7.05 Å². The average molecular weight is 314 g/mol. The van der Waals surface area contributed by atoms with Gasteiger partial charge in [-0.3, -0.25) is 0 Å². The number of fused-ring (bicyclic) bond motifs is 1. The highest BCUT2D eigenvalue weighted by molar-refractivity contribution is 5.85. The lowest BCUT2D eigenvalue weighted by Gasteiger charge is -2.13. The number of rotatable bonds is 3. The number of ether oxygens (including phenoxy) is 1. The molecule has 1 aromatic heterocycles. The molecule has 0 atom stereocenters. The van der Waals surface area contributed by atoms with Gasteiger partial charge in [-0.05, 0) is 23.8 Å². The molecule has 3 nitrogen and oxygen atoms in total. The summed E-state index contributed by atoms with van der Waals surface area (Å²) in [5, 5.41) is 0. The van der Waals surface area contributed by atoms with E-state index in [9.17, 15) is 0 Å². The Morgan fingerprint density at radius 1 is 0.792 bits per heavy atom. The van der Waals surface area contributed by atoms with Crippen molar-refractivity contribution in [2.45, 2.75) is 0 Å². The number of hydrogen-bond acceptors (Lipinski definition) is 2. The number of aromatic nitrogens is 2. The van der Waals surface area contributed by atoms with Gasteiger partial charge in [0.25, 0.3) is 0 Å². The van der Waals surface area contributed by atoms with E-state index in [1.165, 1.54) is 0 Å². The van der Waals surface area contributed by atoms with Crippen molar-refractivity contribution < 1.29 is 4.74 Å². The molecular formula is C21H18N2O. The van der Waals surface area contributed by atoms with E-state index >= 15 is 0 Å². The van der Waals surface area contributed by atoms with E-state index in [-0.39, 0.29) is 0 Å². The van der Waals surface area contributed by atoms with Crippen molar-refractivity contribution in [2.24, 2.45) is 7.05 Å². The highest BCUT2D eigenvalue weighted by atomic mass is 16.5. The van der Waals surface area contributed by atoms with Crippen molar-refractivity contribution in [1.29, 1.82) is 0 Å². The molecular weight excluding hydrogens is 296 g/mol. The Labute approximate surface area is 141 Å². The number of nitrogens with zero attached hydrogens (tertiary/aromatic N) is 2. The summed E-state index contributed by atoms with van der Waals surface area (Å²) >= 11 is 0. The predicted molar refractivity (Wildman–Crippen MR) is 98.1 cm³/mol. The summed E-state index contributed by atoms with van der Waals surface area (Å²) in [6.07, 6.45) is 0. The molecule has 0 aliphatic heterocycles. The van der Waals surface area contributed by atoms with E-state index in [0.29, 0.717) is 0 Å². The maximum Gasteiger partial charge on any atom is 0.144 e. The predicted octanol–water partition coefficient (Wildman–Crippen LogP) is 4.92. The number of methoxy groups -OCH3 is 1. The van der Waals surface area contributed by atoms with E-state index in [1.807, 2.05) is 43.4 Å². The fourth-order valence-electron chi connectivity index (χ4n) is 3.16. The Morgan fingerprint density at radius 3 is 2.25 bits per heavy atom. The molecule has 0 aliphatic carbocycles. The first-order valence-electron chi connectivity index (χ1n) is 7.94. The molecule has 0 N–H and O–H groups in total. The standard InChI is InChI=1S/C21H18N2O/c1-23-19-14-7-6-13-18(19)22-21(23)17-12-8-11-16(20(17)24-2)15-9-4-3-5-10-15/h3-14H,1-2H3. The lowest BCUT2D eigenvalue weighted by molar-refractivity contribution is 0.417. The van der Waals surface area contributed by atoms with Gasteiger partial charge in [-0.1, -0.05) is 54.6 Å². The maximum absolute atomic E-state index is 5.78. The van der Waals surface area contributed by atoms with Crippen molar-refractivity contribution in [3.05, 3.63) is 72.8 Å². The minimum atomic E-state index is 0.849. The molecule has 0 radical (unpaired) electrons. The highest BCUT2D eigenvalue weighted by Gasteiger charge is 2.17. The van der Waals surface area contributed by atoms with Crippen molar-refractivity contribution in [3.8, 4) is 28.3 Å². The van der Waals surface area contributed by atoms with Crippen LogP contribution in [0.1, 0.15) is 0 Å². The zero-order chi connectivity index (χ0) is 16.5. The molecule has 1 heterocycles. The second kappa shape index (κ2) is 5.85. The third-order valence-corrected chi connectivity index (χ3v) is 4.33. The Bertz CT molecular complexity index is 1000. The minimum Gasteiger partial charge on any atom is -0.495 e. The van der Waals surface area contributed by atoms with Gasteiger partial charge in [0, 0.05) is 12.6 Å². The largest absolute Gasteiger partial charge is 0.495 e. The van der Waals surface area contributed by atoms with Gasteiger partial charge in [-0.15, -0.1) is 0 Å². The highest BCUT2D eigenvalue weighted by Crippen LogP contribution is 2.39. The van der Waals surface area contributed by atoms with Crippen LogP contribution in [0.5, 0.6) is 5.75 Å². The van der Waals surface area contributed by atoms with Gasteiger partial charge in [0.15, 0.2) is 0 Å². The van der Waals surface area contributed by atoms with Crippen molar-refractivity contribution in [2.75, 3.05) is 7.11 Å². The number of benzene rings is 3. The van der Waals surface area contributed by atoms with Crippen LogP contribution in [0, 0.1) is 0 Å². The molecule has 3 aromatic carbocycles. The second-order valence-electron chi connectivity index (χ2n) is 5.74. The molecule has 0 fully saturated rings. The third-order valence-electron chi connectivity index (χ3n) is 4.33. The van der Waals surface area contributed by atoms with Gasteiger partial charge >= 0.3 is 0 Å². The van der Waals surface area contributed by atoms with Gasteiger partial charge in [-0.25, -0.2) is 4.98 Å². The Kier molecular flexibility index (Phi) is 3.54.